The number of hydrogen-bond donors (Lipinski definition) is 1. The number of sulfonamides is 1. The number of carbonyl (C=O) groups is 1. The van der Waals surface area contributed by atoms with E-state index in [1.54, 1.807) is 24.0 Å². The lowest BCUT2D eigenvalue weighted by atomic mass is 9.96. The van der Waals surface area contributed by atoms with E-state index in [1.165, 1.54) is 23.5 Å². The minimum Gasteiger partial charge on any atom is -0.394 e. The number of amides is 1. The van der Waals surface area contributed by atoms with Crippen molar-refractivity contribution in [1.29, 1.82) is 5.26 Å². The van der Waals surface area contributed by atoms with Gasteiger partial charge in [0.2, 0.25) is 10.0 Å². The van der Waals surface area contributed by atoms with E-state index < -0.39 is 22.2 Å². The zero-order chi connectivity index (χ0) is 30.9. The number of nitrogens with zero attached hydrogens (tertiary/aromatic N) is 4. The van der Waals surface area contributed by atoms with Crippen molar-refractivity contribution < 1.29 is 23.1 Å². The molecule has 0 spiro atoms. The number of para-hydroxylation sites is 1. The molecule has 1 aliphatic rings. The smallest absolute Gasteiger partial charge is 0.271 e. The second kappa shape index (κ2) is 12.3. The Morgan fingerprint density at radius 1 is 1.09 bits per heavy atom. The van der Waals surface area contributed by atoms with Crippen LogP contribution in [0.3, 0.4) is 0 Å². The third-order valence-electron chi connectivity index (χ3n) is 8.36. The number of aromatic nitrogens is 1. The van der Waals surface area contributed by atoms with Crippen molar-refractivity contribution in [3.63, 3.8) is 0 Å². The third kappa shape index (κ3) is 5.57. The van der Waals surface area contributed by atoms with Crippen LogP contribution in [0.2, 0.25) is 0 Å². The summed E-state index contributed by atoms with van der Waals surface area (Å²) in [5.74, 6) is -0.535. The maximum absolute atomic E-state index is 14.5. The summed E-state index contributed by atoms with van der Waals surface area (Å²) in [6, 6.07) is 23.2. The topological polar surface area (TPSA) is 116 Å². The standard InChI is InChI=1S/C33H36N4O5S/c1-22-18-37(23(2)20-38)33(39)32-31(27-14-8-9-15-28(27)36(32)4)26-13-7-5-12-25(26)21-42-29(22)19-35(3)43(40,41)30-16-10-6-11-24(30)17-34/h5-16,22-23,29,38H,18-21H2,1-4H3/t22-,23-,29-/m0/s1. The summed E-state index contributed by atoms with van der Waals surface area (Å²) in [7, 11) is -0.661. The molecule has 3 aromatic carbocycles. The first-order valence-electron chi connectivity index (χ1n) is 14.2. The summed E-state index contributed by atoms with van der Waals surface area (Å²) < 4.78 is 36.8. The highest BCUT2D eigenvalue weighted by atomic mass is 32.2. The Kier molecular flexibility index (Phi) is 8.71. The number of benzene rings is 3. The van der Waals surface area contributed by atoms with E-state index in [0.29, 0.717) is 5.69 Å². The molecular formula is C33H36N4O5S. The van der Waals surface area contributed by atoms with Gasteiger partial charge in [0.1, 0.15) is 11.8 Å². The Balaban J connectivity index is 1.61. The van der Waals surface area contributed by atoms with Gasteiger partial charge in [0.25, 0.3) is 5.91 Å². The Bertz CT molecular complexity index is 1810. The normalized spacial score (nSPS) is 18.5. The second-order valence-electron chi connectivity index (χ2n) is 11.2. The molecular weight excluding hydrogens is 564 g/mol. The number of likely N-dealkylation sites (N-methyl/N-ethyl adjacent to an activating group) is 1. The summed E-state index contributed by atoms with van der Waals surface area (Å²) >= 11 is 0. The number of hydrogen-bond acceptors (Lipinski definition) is 6. The molecule has 1 amide bonds. The van der Waals surface area contributed by atoms with E-state index in [1.807, 2.05) is 73.1 Å². The average molecular weight is 601 g/mol. The summed E-state index contributed by atoms with van der Waals surface area (Å²) in [6.45, 7) is 3.90. The van der Waals surface area contributed by atoms with Crippen LogP contribution >= 0.6 is 0 Å². The molecule has 9 nitrogen and oxygen atoms in total. The van der Waals surface area contributed by atoms with Gasteiger partial charge in [-0.1, -0.05) is 61.5 Å². The number of aliphatic hydroxyl groups is 1. The molecule has 224 valence electrons. The molecule has 5 rings (SSSR count). The highest BCUT2D eigenvalue weighted by Crippen LogP contribution is 2.38. The predicted molar refractivity (Wildman–Crippen MR) is 165 cm³/mol. The number of fused-ring (bicyclic) bond motifs is 5. The van der Waals surface area contributed by atoms with Gasteiger partial charge < -0.3 is 19.3 Å². The fourth-order valence-electron chi connectivity index (χ4n) is 5.83. The van der Waals surface area contributed by atoms with Gasteiger partial charge in [0, 0.05) is 49.6 Å². The first-order valence-corrected chi connectivity index (χ1v) is 15.7. The first-order chi connectivity index (χ1) is 20.6. The Morgan fingerprint density at radius 3 is 2.51 bits per heavy atom. The number of rotatable bonds is 6. The van der Waals surface area contributed by atoms with Gasteiger partial charge in [0.05, 0.1) is 35.8 Å². The number of aryl methyl sites for hydroxylation is 1. The molecule has 0 radical (unpaired) electrons. The second-order valence-corrected chi connectivity index (χ2v) is 13.2. The fourth-order valence-corrected chi connectivity index (χ4v) is 7.15. The molecule has 0 bridgehead atoms. The lowest BCUT2D eigenvalue weighted by Gasteiger charge is -2.35. The Labute approximate surface area is 252 Å². The van der Waals surface area contributed by atoms with Gasteiger partial charge in [-0.3, -0.25) is 4.79 Å². The fraction of sp³-hybridized carbons (Fsp3) is 0.333. The molecule has 43 heavy (non-hydrogen) atoms. The van der Waals surface area contributed by atoms with Crippen molar-refractivity contribution >= 4 is 26.8 Å². The molecule has 10 heteroatoms. The van der Waals surface area contributed by atoms with Crippen LogP contribution in [0.4, 0.5) is 0 Å². The van der Waals surface area contributed by atoms with Crippen LogP contribution in [0.25, 0.3) is 22.0 Å². The van der Waals surface area contributed by atoms with Gasteiger partial charge in [-0.05, 0) is 36.2 Å². The molecule has 2 heterocycles. The van der Waals surface area contributed by atoms with Crippen molar-refractivity contribution in [2.45, 2.75) is 37.5 Å². The van der Waals surface area contributed by atoms with Crippen LogP contribution in [0, 0.1) is 17.2 Å². The Hall–Kier alpha value is -4.01. The SMILES string of the molecule is C[C@H]1CN([C@@H](C)CO)C(=O)c2c(c3ccccc3n2C)-c2ccccc2CO[C@H]1CN(C)S(=O)(=O)c1ccccc1C#N. The van der Waals surface area contributed by atoms with Gasteiger partial charge in [-0.15, -0.1) is 0 Å². The largest absolute Gasteiger partial charge is 0.394 e. The van der Waals surface area contributed by atoms with E-state index in [0.717, 1.165) is 27.6 Å². The van der Waals surface area contributed by atoms with Crippen molar-refractivity contribution in [3.8, 4) is 17.2 Å². The minimum atomic E-state index is -4.01. The molecule has 0 aliphatic carbocycles. The minimum absolute atomic E-state index is 0.00313. The number of nitriles is 1. The molecule has 1 aliphatic heterocycles. The molecule has 1 N–H and O–H groups in total. The van der Waals surface area contributed by atoms with Gasteiger partial charge in [0.15, 0.2) is 0 Å². The molecule has 1 aromatic heterocycles. The van der Waals surface area contributed by atoms with E-state index in [9.17, 15) is 23.6 Å². The third-order valence-corrected chi connectivity index (χ3v) is 10.2. The number of ether oxygens (including phenoxy) is 1. The van der Waals surface area contributed by atoms with Crippen LogP contribution in [0.15, 0.2) is 77.7 Å². The lowest BCUT2D eigenvalue weighted by molar-refractivity contribution is -0.0147. The zero-order valence-corrected chi connectivity index (χ0v) is 25.6. The molecule has 0 saturated heterocycles. The maximum Gasteiger partial charge on any atom is 0.271 e. The van der Waals surface area contributed by atoms with Crippen molar-refractivity contribution in [1.82, 2.24) is 13.8 Å². The lowest BCUT2D eigenvalue weighted by Crippen LogP contribution is -2.48. The number of aliphatic hydroxyl groups excluding tert-OH is 1. The van der Waals surface area contributed by atoms with Gasteiger partial charge in [-0.25, -0.2) is 8.42 Å². The molecule has 0 saturated carbocycles. The van der Waals surface area contributed by atoms with Crippen LogP contribution in [-0.2, 0) is 28.4 Å². The molecule has 0 unspecified atom stereocenters. The van der Waals surface area contributed by atoms with Crippen molar-refractivity contribution in [2.75, 3.05) is 26.7 Å². The van der Waals surface area contributed by atoms with Crippen LogP contribution in [0.5, 0.6) is 0 Å². The first kappa shape index (κ1) is 30.4. The van der Waals surface area contributed by atoms with E-state index in [2.05, 4.69) is 0 Å². The summed E-state index contributed by atoms with van der Waals surface area (Å²) in [6.07, 6.45) is -0.610. The van der Waals surface area contributed by atoms with E-state index >= 15 is 0 Å². The summed E-state index contributed by atoms with van der Waals surface area (Å²) in [5.41, 5.74) is 4.04. The summed E-state index contributed by atoms with van der Waals surface area (Å²) in [4.78, 5) is 16.1. The van der Waals surface area contributed by atoms with Crippen molar-refractivity contribution in [3.05, 3.63) is 89.6 Å². The highest BCUT2D eigenvalue weighted by Gasteiger charge is 2.35. The van der Waals surface area contributed by atoms with Gasteiger partial charge in [-0.2, -0.15) is 9.57 Å². The summed E-state index contributed by atoms with van der Waals surface area (Å²) in [5, 5.41) is 20.7. The zero-order valence-electron chi connectivity index (χ0n) is 24.8. The Morgan fingerprint density at radius 2 is 1.77 bits per heavy atom. The van der Waals surface area contributed by atoms with Crippen LogP contribution in [0.1, 0.15) is 35.5 Å². The van der Waals surface area contributed by atoms with E-state index in [-0.39, 0.29) is 48.6 Å². The maximum atomic E-state index is 14.5. The monoisotopic (exact) mass is 600 g/mol. The van der Waals surface area contributed by atoms with Crippen molar-refractivity contribution in [2.24, 2.45) is 13.0 Å². The van der Waals surface area contributed by atoms with Gasteiger partial charge >= 0.3 is 0 Å². The van der Waals surface area contributed by atoms with Crippen LogP contribution < -0.4 is 0 Å². The predicted octanol–water partition coefficient (Wildman–Crippen LogP) is 4.40. The number of carbonyl (C=O) groups excluding carboxylic acids is 1. The average Bonchev–Trinajstić information content (AvgIpc) is 3.31. The van der Waals surface area contributed by atoms with E-state index in [4.69, 9.17) is 4.74 Å². The molecule has 4 aromatic rings. The quantitative estimate of drug-likeness (QED) is 0.351. The molecule has 0 fully saturated rings. The van der Waals surface area contributed by atoms with Crippen LogP contribution in [-0.4, -0.2) is 72.1 Å². The highest BCUT2D eigenvalue weighted by molar-refractivity contribution is 7.89. The molecule has 3 atom stereocenters.